The molecule has 0 aliphatic heterocycles. The zero-order valence-electron chi connectivity index (χ0n) is 13.5. The molecule has 2 aromatic carbocycles. The summed E-state index contributed by atoms with van der Waals surface area (Å²) in [6.45, 7) is 1.85. The van der Waals surface area contributed by atoms with E-state index in [0.29, 0.717) is 11.4 Å². The highest BCUT2D eigenvalue weighted by Crippen LogP contribution is 2.28. The predicted octanol–water partition coefficient (Wildman–Crippen LogP) is 2.82. The highest BCUT2D eigenvalue weighted by Gasteiger charge is 2.16. The largest absolute Gasteiger partial charge is 0.467 e. The molecule has 3 rings (SSSR count). The second kappa shape index (κ2) is 6.19. The molecule has 0 bridgehead atoms. The van der Waals surface area contributed by atoms with Gasteiger partial charge in [-0.15, -0.1) is 5.10 Å². The lowest BCUT2D eigenvalue weighted by Crippen LogP contribution is -2.22. The Kier molecular flexibility index (Phi) is 4.07. The van der Waals surface area contributed by atoms with Gasteiger partial charge < -0.3 is 9.47 Å². The van der Waals surface area contributed by atoms with Gasteiger partial charge in [0, 0.05) is 13.1 Å². The maximum atomic E-state index is 13.8. The summed E-state index contributed by atoms with van der Waals surface area (Å²) in [5.74, 6) is 0.0482. The Hall–Kier alpha value is -3.09. The van der Waals surface area contributed by atoms with Crippen LogP contribution in [0.4, 0.5) is 4.39 Å². The van der Waals surface area contributed by atoms with Gasteiger partial charge in [-0.2, -0.15) is 0 Å². The Morgan fingerprint density at radius 2 is 1.92 bits per heavy atom. The van der Waals surface area contributed by atoms with E-state index in [9.17, 15) is 9.18 Å². The molecule has 0 atom stereocenters. The van der Waals surface area contributed by atoms with Gasteiger partial charge in [0.25, 0.3) is 0 Å². The minimum atomic E-state index is -0.462. The molecule has 0 saturated heterocycles. The summed E-state index contributed by atoms with van der Waals surface area (Å²) in [7, 11) is 2.98. The van der Waals surface area contributed by atoms with E-state index in [1.807, 2.05) is 6.92 Å². The number of rotatable bonds is 4. The van der Waals surface area contributed by atoms with Crippen molar-refractivity contribution in [3.05, 3.63) is 64.3 Å². The second-order valence-electron chi connectivity index (χ2n) is 5.21. The lowest BCUT2D eigenvalue weighted by Gasteiger charge is -2.11. The number of ether oxygens (including phenoxy) is 2. The molecule has 0 unspecified atom stereocenters. The first kappa shape index (κ1) is 15.8. The number of benzene rings is 2. The van der Waals surface area contributed by atoms with Crippen LogP contribution in [0.2, 0.25) is 0 Å². The summed E-state index contributed by atoms with van der Waals surface area (Å²) >= 11 is 0. The summed E-state index contributed by atoms with van der Waals surface area (Å²) in [5.41, 5.74) is 1.03. The van der Waals surface area contributed by atoms with E-state index in [2.05, 4.69) is 5.10 Å². The van der Waals surface area contributed by atoms with Gasteiger partial charge >= 0.3 is 11.7 Å². The SMILES string of the molecule is COc1nn(C)c(=O)n1-c1cc(Oc2ccccc2F)ccc1C. The summed E-state index contributed by atoms with van der Waals surface area (Å²) in [6, 6.07) is 11.4. The van der Waals surface area contributed by atoms with Crippen LogP contribution in [0.3, 0.4) is 0 Å². The maximum Gasteiger partial charge on any atom is 0.353 e. The molecule has 6 nitrogen and oxygen atoms in total. The average molecular weight is 329 g/mol. The minimum absolute atomic E-state index is 0.109. The van der Waals surface area contributed by atoms with Crippen LogP contribution in [-0.2, 0) is 7.05 Å². The molecule has 0 aliphatic carbocycles. The molecular weight excluding hydrogens is 313 g/mol. The van der Waals surface area contributed by atoms with Gasteiger partial charge in [-0.05, 0) is 30.7 Å². The van der Waals surface area contributed by atoms with Crippen molar-refractivity contribution in [2.45, 2.75) is 6.92 Å². The monoisotopic (exact) mass is 329 g/mol. The Bertz CT molecular complexity index is 946. The van der Waals surface area contributed by atoms with Crippen LogP contribution >= 0.6 is 0 Å². The number of hydrogen-bond donors (Lipinski definition) is 0. The second-order valence-corrected chi connectivity index (χ2v) is 5.21. The molecule has 0 saturated carbocycles. The molecule has 124 valence electrons. The van der Waals surface area contributed by atoms with E-state index in [1.165, 1.54) is 35.5 Å². The summed E-state index contributed by atoms with van der Waals surface area (Å²) in [6.07, 6.45) is 0. The van der Waals surface area contributed by atoms with Crippen LogP contribution in [0.1, 0.15) is 5.56 Å². The third kappa shape index (κ3) is 2.76. The van der Waals surface area contributed by atoms with Crippen molar-refractivity contribution >= 4 is 0 Å². The third-order valence-corrected chi connectivity index (χ3v) is 3.56. The quantitative estimate of drug-likeness (QED) is 0.738. The van der Waals surface area contributed by atoms with E-state index in [4.69, 9.17) is 9.47 Å². The van der Waals surface area contributed by atoms with Crippen LogP contribution in [0.15, 0.2) is 47.3 Å². The van der Waals surface area contributed by atoms with Crippen LogP contribution in [0.25, 0.3) is 5.69 Å². The van der Waals surface area contributed by atoms with Crippen LogP contribution < -0.4 is 15.2 Å². The van der Waals surface area contributed by atoms with Crippen LogP contribution in [-0.4, -0.2) is 21.5 Å². The van der Waals surface area contributed by atoms with E-state index in [-0.39, 0.29) is 17.4 Å². The Labute approximate surface area is 137 Å². The molecule has 24 heavy (non-hydrogen) atoms. The number of aryl methyl sites for hydroxylation is 2. The van der Waals surface area contributed by atoms with Crippen molar-refractivity contribution in [2.75, 3.05) is 7.11 Å². The van der Waals surface area contributed by atoms with Crippen molar-refractivity contribution in [3.63, 3.8) is 0 Å². The standard InChI is InChI=1S/C17H16FN3O3/c1-11-8-9-12(24-15-7-5-4-6-13(15)18)10-14(11)21-16(23-3)19-20(2)17(21)22/h4-10H,1-3H3. The van der Waals surface area contributed by atoms with Crippen molar-refractivity contribution < 1.29 is 13.9 Å². The zero-order chi connectivity index (χ0) is 17.3. The molecule has 1 aromatic heterocycles. The van der Waals surface area contributed by atoms with Gasteiger partial charge in [0.2, 0.25) is 0 Å². The average Bonchev–Trinajstić information content (AvgIpc) is 2.86. The minimum Gasteiger partial charge on any atom is -0.467 e. The van der Waals surface area contributed by atoms with E-state index >= 15 is 0 Å². The summed E-state index contributed by atoms with van der Waals surface area (Å²) in [4.78, 5) is 12.3. The smallest absolute Gasteiger partial charge is 0.353 e. The number of halogens is 1. The van der Waals surface area contributed by atoms with Crippen molar-refractivity contribution in [1.29, 1.82) is 0 Å². The Morgan fingerprint density at radius 3 is 2.62 bits per heavy atom. The number of methoxy groups -OCH3 is 1. The molecule has 1 heterocycles. The lowest BCUT2D eigenvalue weighted by atomic mass is 10.2. The maximum absolute atomic E-state index is 13.8. The first-order chi connectivity index (χ1) is 11.5. The highest BCUT2D eigenvalue weighted by molar-refractivity contribution is 5.48. The predicted molar refractivity (Wildman–Crippen MR) is 86.6 cm³/mol. The molecule has 0 N–H and O–H groups in total. The first-order valence-electron chi connectivity index (χ1n) is 7.24. The molecule has 0 radical (unpaired) electrons. The zero-order valence-corrected chi connectivity index (χ0v) is 13.5. The molecule has 0 fully saturated rings. The molecule has 0 spiro atoms. The number of hydrogen-bond acceptors (Lipinski definition) is 4. The molecule has 0 aliphatic rings. The normalized spacial score (nSPS) is 10.7. The number of nitrogens with zero attached hydrogens (tertiary/aromatic N) is 3. The molecule has 0 amide bonds. The van der Waals surface area contributed by atoms with E-state index in [0.717, 1.165) is 5.56 Å². The van der Waals surface area contributed by atoms with Crippen molar-refractivity contribution in [1.82, 2.24) is 14.3 Å². The van der Waals surface area contributed by atoms with Gasteiger partial charge in [0.05, 0.1) is 12.8 Å². The molecular formula is C17H16FN3O3. The highest BCUT2D eigenvalue weighted by atomic mass is 19.1. The topological polar surface area (TPSA) is 58.3 Å². The van der Waals surface area contributed by atoms with Crippen molar-refractivity contribution in [2.24, 2.45) is 7.05 Å². The van der Waals surface area contributed by atoms with Gasteiger partial charge in [-0.3, -0.25) is 0 Å². The lowest BCUT2D eigenvalue weighted by molar-refractivity contribution is 0.368. The number of para-hydroxylation sites is 1. The first-order valence-corrected chi connectivity index (χ1v) is 7.24. The van der Waals surface area contributed by atoms with Gasteiger partial charge in [0.15, 0.2) is 11.6 Å². The summed E-state index contributed by atoms with van der Waals surface area (Å²) in [5, 5.41) is 4.02. The fourth-order valence-electron chi connectivity index (χ4n) is 2.33. The Balaban J connectivity index is 2.08. The van der Waals surface area contributed by atoms with Gasteiger partial charge in [-0.25, -0.2) is 18.4 Å². The van der Waals surface area contributed by atoms with Crippen LogP contribution in [0, 0.1) is 12.7 Å². The van der Waals surface area contributed by atoms with Gasteiger partial charge in [-0.1, -0.05) is 18.2 Å². The third-order valence-electron chi connectivity index (χ3n) is 3.56. The van der Waals surface area contributed by atoms with Crippen LogP contribution in [0.5, 0.6) is 17.5 Å². The number of aromatic nitrogens is 3. The molecule has 3 aromatic rings. The van der Waals surface area contributed by atoms with E-state index in [1.54, 1.807) is 30.3 Å². The van der Waals surface area contributed by atoms with Gasteiger partial charge in [0.1, 0.15) is 5.75 Å². The fraction of sp³-hybridized carbons (Fsp3) is 0.176. The van der Waals surface area contributed by atoms with Crippen molar-refractivity contribution in [3.8, 4) is 23.2 Å². The molecule has 7 heteroatoms. The fourth-order valence-corrected chi connectivity index (χ4v) is 2.33. The summed E-state index contributed by atoms with van der Waals surface area (Å²) < 4.78 is 27.0. The van der Waals surface area contributed by atoms with E-state index < -0.39 is 5.82 Å². The Morgan fingerprint density at radius 1 is 1.17 bits per heavy atom.